The van der Waals surface area contributed by atoms with E-state index in [1.165, 1.54) is 0 Å². The van der Waals surface area contributed by atoms with Gasteiger partial charge in [0.05, 0.1) is 17.8 Å². The van der Waals surface area contributed by atoms with Crippen LogP contribution in [-0.2, 0) is 6.54 Å². The molecule has 0 atom stereocenters. The molecule has 18 heavy (non-hydrogen) atoms. The molecular formula is C14H15N3O. The van der Waals surface area contributed by atoms with Gasteiger partial charge in [-0.1, -0.05) is 18.2 Å². The molecule has 1 aromatic carbocycles. The van der Waals surface area contributed by atoms with Crippen LogP contribution in [0.2, 0.25) is 0 Å². The summed E-state index contributed by atoms with van der Waals surface area (Å²) in [7, 11) is 0. The fraction of sp³-hybridized carbons (Fsp3) is 0.143. The van der Waals surface area contributed by atoms with E-state index < -0.39 is 0 Å². The second-order valence-electron chi connectivity index (χ2n) is 4.04. The maximum Gasteiger partial charge on any atom is 0.253 e. The van der Waals surface area contributed by atoms with E-state index in [4.69, 9.17) is 5.73 Å². The lowest BCUT2D eigenvalue weighted by Crippen LogP contribution is -2.24. The van der Waals surface area contributed by atoms with E-state index in [9.17, 15) is 4.79 Å². The molecule has 0 radical (unpaired) electrons. The number of nitrogens with one attached hydrogen (secondary N) is 1. The van der Waals surface area contributed by atoms with Crippen molar-refractivity contribution in [2.45, 2.75) is 13.5 Å². The van der Waals surface area contributed by atoms with Crippen LogP contribution in [0.5, 0.6) is 0 Å². The molecule has 0 unspecified atom stereocenters. The van der Waals surface area contributed by atoms with Crippen molar-refractivity contribution in [1.29, 1.82) is 0 Å². The molecule has 2 aromatic rings. The van der Waals surface area contributed by atoms with Gasteiger partial charge < -0.3 is 11.1 Å². The van der Waals surface area contributed by atoms with E-state index in [0.29, 0.717) is 17.8 Å². The predicted octanol–water partition coefficient (Wildman–Crippen LogP) is 1.90. The number of rotatable bonds is 3. The van der Waals surface area contributed by atoms with Crippen LogP contribution in [0.25, 0.3) is 0 Å². The fourth-order valence-corrected chi connectivity index (χ4v) is 1.67. The number of benzene rings is 1. The minimum absolute atomic E-state index is 0.184. The summed E-state index contributed by atoms with van der Waals surface area (Å²) in [5.41, 5.74) is 8.47. The average Bonchev–Trinajstić information content (AvgIpc) is 2.37. The smallest absolute Gasteiger partial charge is 0.253 e. The number of carbonyl (C=O) groups excluding carboxylic acids is 1. The van der Waals surface area contributed by atoms with Crippen molar-refractivity contribution in [2.75, 3.05) is 5.73 Å². The van der Waals surface area contributed by atoms with E-state index in [-0.39, 0.29) is 5.91 Å². The molecule has 2 rings (SSSR count). The number of hydrogen-bond acceptors (Lipinski definition) is 3. The summed E-state index contributed by atoms with van der Waals surface area (Å²) in [6.45, 7) is 2.31. The number of para-hydroxylation sites is 1. The van der Waals surface area contributed by atoms with Gasteiger partial charge in [0.1, 0.15) is 0 Å². The Labute approximate surface area is 106 Å². The van der Waals surface area contributed by atoms with Crippen molar-refractivity contribution < 1.29 is 4.79 Å². The normalized spacial score (nSPS) is 10.1. The molecule has 92 valence electrons. The molecule has 1 aromatic heterocycles. The zero-order valence-electron chi connectivity index (χ0n) is 10.2. The topological polar surface area (TPSA) is 68.0 Å². The molecule has 0 aliphatic carbocycles. The molecule has 0 saturated heterocycles. The van der Waals surface area contributed by atoms with Crippen LogP contribution in [0.15, 0.2) is 42.5 Å². The van der Waals surface area contributed by atoms with Crippen molar-refractivity contribution in [3.63, 3.8) is 0 Å². The van der Waals surface area contributed by atoms with Crippen molar-refractivity contribution in [2.24, 2.45) is 0 Å². The molecule has 4 heteroatoms. The molecule has 0 bridgehead atoms. The number of pyridine rings is 1. The van der Waals surface area contributed by atoms with Crippen LogP contribution in [0.4, 0.5) is 5.69 Å². The van der Waals surface area contributed by atoms with Crippen molar-refractivity contribution in [3.8, 4) is 0 Å². The first kappa shape index (κ1) is 12.1. The van der Waals surface area contributed by atoms with E-state index in [2.05, 4.69) is 10.3 Å². The molecule has 1 amide bonds. The number of nitrogen functional groups attached to an aromatic ring is 1. The van der Waals surface area contributed by atoms with Crippen LogP contribution < -0.4 is 11.1 Å². The number of hydrogen-bond donors (Lipinski definition) is 2. The predicted molar refractivity (Wildman–Crippen MR) is 71.0 cm³/mol. The lowest BCUT2D eigenvalue weighted by Gasteiger charge is -2.07. The third-order valence-corrected chi connectivity index (χ3v) is 2.58. The lowest BCUT2D eigenvalue weighted by molar-refractivity contribution is 0.0951. The van der Waals surface area contributed by atoms with Gasteiger partial charge in [-0.3, -0.25) is 9.78 Å². The second-order valence-corrected chi connectivity index (χ2v) is 4.04. The summed E-state index contributed by atoms with van der Waals surface area (Å²) in [6.07, 6.45) is 0. The molecule has 0 spiro atoms. The fourth-order valence-electron chi connectivity index (χ4n) is 1.67. The minimum atomic E-state index is -0.184. The third-order valence-electron chi connectivity index (χ3n) is 2.58. The second kappa shape index (κ2) is 5.31. The number of nitrogens with zero attached hydrogens (tertiary/aromatic N) is 1. The molecule has 0 saturated carbocycles. The Morgan fingerprint density at radius 1 is 1.22 bits per heavy atom. The quantitative estimate of drug-likeness (QED) is 0.806. The summed E-state index contributed by atoms with van der Waals surface area (Å²) in [5.74, 6) is -0.184. The zero-order chi connectivity index (χ0) is 13.0. The molecule has 3 N–H and O–H groups in total. The Morgan fingerprint density at radius 2 is 2.00 bits per heavy atom. The van der Waals surface area contributed by atoms with E-state index in [1.807, 2.05) is 25.1 Å². The monoisotopic (exact) mass is 241 g/mol. The van der Waals surface area contributed by atoms with E-state index in [1.54, 1.807) is 24.3 Å². The summed E-state index contributed by atoms with van der Waals surface area (Å²) < 4.78 is 0. The summed E-state index contributed by atoms with van der Waals surface area (Å²) in [4.78, 5) is 16.2. The SMILES string of the molecule is Cc1cccc(CNC(=O)c2ccccc2N)n1. The van der Waals surface area contributed by atoms with Gasteiger partial charge in [-0.15, -0.1) is 0 Å². The van der Waals surface area contributed by atoms with Crippen LogP contribution in [0, 0.1) is 6.92 Å². The molecule has 0 aliphatic rings. The van der Waals surface area contributed by atoms with Crippen LogP contribution in [-0.4, -0.2) is 10.9 Å². The van der Waals surface area contributed by atoms with Gasteiger partial charge in [0.25, 0.3) is 5.91 Å². The highest BCUT2D eigenvalue weighted by Crippen LogP contribution is 2.10. The number of amides is 1. The van der Waals surface area contributed by atoms with Crippen LogP contribution in [0.1, 0.15) is 21.7 Å². The number of anilines is 1. The van der Waals surface area contributed by atoms with Crippen LogP contribution >= 0.6 is 0 Å². The Bertz CT molecular complexity index is 566. The number of carbonyl (C=O) groups is 1. The first-order valence-corrected chi connectivity index (χ1v) is 5.72. The minimum Gasteiger partial charge on any atom is -0.398 e. The molecule has 0 aliphatic heterocycles. The summed E-state index contributed by atoms with van der Waals surface area (Å²) >= 11 is 0. The van der Waals surface area contributed by atoms with Gasteiger partial charge in [-0.05, 0) is 31.2 Å². The first-order valence-electron chi connectivity index (χ1n) is 5.72. The van der Waals surface area contributed by atoms with Crippen molar-refractivity contribution >= 4 is 11.6 Å². The standard InChI is InChI=1S/C14H15N3O/c1-10-5-4-6-11(17-10)9-16-14(18)12-7-2-3-8-13(12)15/h2-8H,9,15H2,1H3,(H,16,18). The van der Waals surface area contributed by atoms with Gasteiger partial charge in [-0.25, -0.2) is 0 Å². The Balaban J connectivity index is 2.03. The molecular weight excluding hydrogens is 226 g/mol. The number of aryl methyl sites for hydroxylation is 1. The third kappa shape index (κ3) is 2.85. The highest BCUT2D eigenvalue weighted by molar-refractivity contribution is 5.98. The molecule has 0 fully saturated rings. The van der Waals surface area contributed by atoms with E-state index in [0.717, 1.165) is 11.4 Å². The first-order chi connectivity index (χ1) is 8.66. The maximum atomic E-state index is 11.9. The Kier molecular flexibility index (Phi) is 3.57. The summed E-state index contributed by atoms with van der Waals surface area (Å²) in [5, 5.41) is 2.80. The average molecular weight is 241 g/mol. The van der Waals surface area contributed by atoms with E-state index >= 15 is 0 Å². The number of aromatic nitrogens is 1. The maximum absolute atomic E-state index is 11.9. The van der Waals surface area contributed by atoms with Crippen molar-refractivity contribution in [3.05, 3.63) is 59.4 Å². The van der Waals surface area contributed by atoms with Gasteiger partial charge in [0.15, 0.2) is 0 Å². The largest absolute Gasteiger partial charge is 0.398 e. The van der Waals surface area contributed by atoms with Gasteiger partial charge in [-0.2, -0.15) is 0 Å². The molecule has 1 heterocycles. The van der Waals surface area contributed by atoms with Gasteiger partial charge >= 0.3 is 0 Å². The lowest BCUT2D eigenvalue weighted by atomic mass is 10.1. The van der Waals surface area contributed by atoms with Gasteiger partial charge in [0, 0.05) is 11.4 Å². The summed E-state index contributed by atoms with van der Waals surface area (Å²) in [6, 6.07) is 12.7. The highest BCUT2D eigenvalue weighted by atomic mass is 16.1. The van der Waals surface area contributed by atoms with Gasteiger partial charge in [0.2, 0.25) is 0 Å². The van der Waals surface area contributed by atoms with Crippen molar-refractivity contribution in [1.82, 2.24) is 10.3 Å². The molecule has 4 nitrogen and oxygen atoms in total. The van der Waals surface area contributed by atoms with Crippen LogP contribution in [0.3, 0.4) is 0 Å². The highest BCUT2D eigenvalue weighted by Gasteiger charge is 2.08. The zero-order valence-corrected chi connectivity index (χ0v) is 10.2. The number of nitrogens with two attached hydrogens (primary N) is 1. The Hall–Kier alpha value is -2.36. The Morgan fingerprint density at radius 3 is 2.72 bits per heavy atom.